The maximum absolute atomic E-state index is 12.5. The summed E-state index contributed by atoms with van der Waals surface area (Å²) < 4.78 is 0. The van der Waals surface area contributed by atoms with Crippen molar-refractivity contribution < 1.29 is 9.59 Å². The van der Waals surface area contributed by atoms with Gasteiger partial charge >= 0.3 is 0 Å². The number of aromatic nitrogens is 1. The van der Waals surface area contributed by atoms with Crippen LogP contribution >= 0.6 is 11.6 Å². The number of rotatable bonds is 3. The van der Waals surface area contributed by atoms with E-state index < -0.39 is 0 Å². The lowest BCUT2D eigenvalue weighted by molar-refractivity contribution is -0.131. The van der Waals surface area contributed by atoms with E-state index in [0.717, 1.165) is 28.6 Å². The topological polar surface area (TPSA) is 65.2 Å². The quantitative estimate of drug-likeness (QED) is 0.747. The van der Waals surface area contributed by atoms with Gasteiger partial charge < -0.3 is 15.2 Å². The van der Waals surface area contributed by atoms with Gasteiger partial charge in [0.15, 0.2) is 0 Å². The van der Waals surface area contributed by atoms with Crippen molar-refractivity contribution in [3.8, 4) is 0 Å². The van der Waals surface area contributed by atoms with Crippen LogP contribution in [0.3, 0.4) is 0 Å². The van der Waals surface area contributed by atoms with Gasteiger partial charge in [0.05, 0.1) is 6.54 Å². The average molecular weight is 368 g/mol. The maximum atomic E-state index is 12.5. The van der Waals surface area contributed by atoms with Crippen LogP contribution in [0, 0.1) is 0 Å². The summed E-state index contributed by atoms with van der Waals surface area (Å²) in [4.78, 5) is 29.8. The molecule has 5 nitrogen and oxygen atoms in total. The molecular formula is C20H18ClN3O2. The highest BCUT2D eigenvalue weighted by Gasteiger charge is 2.24. The first kappa shape index (κ1) is 16.7. The summed E-state index contributed by atoms with van der Waals surface area (Å²) in [6, 6.07) is 14.6. The Morgan fingerprint density at radius 1 is 1.15 bits per heavy atom. The Balaban J connectivity index is 1.45. The molecule has 2 amide bonds. The monoisotopic (exact) mass is 367 g/mol. The van der Waals surface area contributed by atoms with E-state index in [9.17, 15) is 9.59 Å². The van der Waals surface area contributed by atoms with Gasteiger partial charge in [0, 0.05) is 52.3 Å². The van der Waals surface area contributed by atoms with Gasteiger partial charge in [0.1, 0.15) is 0 Å². The normalized spacial score (nSPS) is 13.5. The average Bonchev–Trinajstić information content (AvgIpc) is 3.03. The Morgan fingerprint density at radius 3 is 2.77 bits per heavy atom. The summed E-state index contributed by atoms with van der Waals surface area (Å²) in [6.45, 7) is 1.15. The molecule has 1 aromatic heterocycles. The largest absolute Gasteiger partial charge is 0.358 e. The van der Waals surface area contributed by atoms with Crippen LogP contribution in [-0.4, -0.2) is 34.8 Å². The van der Waals surface area contributed by atoms with Crippen LogP contribution in [0.1, 0.15) is 21.6 Å². The van der Waals surface area contributed by atoms with E-state index in [-0.39, 0.29) is 18.4 Å². The Kier molecular flexibility index (Phi) is 4.39. The minimum atomic E-state index is -0.240. The lowest BCUT2D eigenvalue weighted by Gasteiger charge is -2.27. The number of fused-ring (bicyclic) bond motifs is 3. The lowest BCUT2D eigenvalue weighted by Crippen LogP contribution is -2.42. The number of nitrogens with zero attached hydrogens (tertiary/aromatic N) is 1. The molecule has 0 saturated carbocycles. The van der Waals surface area contributed by atoms with Crippen molar-refractivity contribution in [2.45, 2.75) is 13.0 Å². The first-order valence-corrected chi connectivity index (χ1v) is 8.89. The minimum absolute atomic E-state index is 0.00777. The second kappa shape index (κ2) is 6.84. The molecule has 0 unspecified atom stereocenters. The van der Waals surface area contributed by atoms with Crippen molar-refractivity contribution in [3.05, 3.63) is 70.4 Å². The van der Waals surface area contributed by atoms with E-state index in [2.05, 4.69) is 10.3 Å². The molecular weight excluding hydrogens is 350 g/mol. The third-order valence-electron chi connectivity index (χ3n) is 4.73. The van der Waals surface area contributed by atoms with E-state index in [1.54, 1.807) is 29.2 Å². The highest BCUT2D eigenvalue weighted by Crippen LogP contribution is 2.29. The van der Waals surface area contributed by atoms with Crippen LogP contribution in [0.2, 0.25) is 5.02 Å². The summed E-state index contributed by atoms with van der Waals surface area (Å²) in [5.74, 6) is -0.327. The highest BCUT2D eigenvalue weighted by atomic mass is 35.5. The third-order valence-corrected chi connectivity index (χ3v) is 4.96. The third kappa shape index (κ3) is 3.18. The molecule has 3 aromatic rings. The molecule has 2 heterocycles. The van der Waals surface area contributed by atoms with Gasteiger partial charge in [0.25, 0.3) is 5.91 Å². The standard InChI is InChI=1S/C20H18ClN3O2/c21-14-6-7-17-15(10-14)16-12-24(9-8-18(16)23-17)19(25)11-22-20(26)13-4-2-1-3-5-13/h1-7,10,23H,8-9,11-12H2,(H,22,26). The number of H-pyrrole nitrogens is 1. The smallest absolute Gasteiger partial charge is 0.251 e. The SMILES string of the molecule is O=C(NCC(=O)N1CCc2[nH]c3ccc(Cl)cc3c2C1)c1ccccc1. The van der Waals surface area contributed by atoms with Gasteiger partial charge in [-0.05, 0) is 30.3 Å². The van der Waals surface area contributed by atoms with Gasteiger partial charge in [-0.3, -0.25) is 9.59 Å². The van der Waals surface area contributed by atoms with E-state index in [4.69, 9.17) is 11.6 Å². The summed E-state index contributed by atoms with van der Waals surface area (Å²) >= 11 is 6.12. The van der Waals surface area contributed by atoms with E-state index >= 15 is 0 Å². The number of aromatic amines is 1. The van der Waals surface area contributed by atoms with Crippen molar-refractivity contribution in [1.82, 2.24) is 15.2 Å². The molecule has 0 bridgehead atoms. The van der Waals surface area contributed by atoms with Crippen molar-refractivity contribution in [2.75, 3.05) is 13.1 Å². The Morgan fingerprint density at radius 2 is 1.96 bits per heavy atom. The second-order valence-corrected chi connectivity index (χ2v) is 6.82. The Hall–Kier alpha value is -2.79. The van der Waals surface area contributed by atoms with Gasteiger partial charge in [0.2, 0.25) is 5.91 Å². The molecule has 6 heteroatoms. The minimum Gasteiger partial charge on any atom is -0.358 e. The number of hydrogen-bond acceptors (Lipinski definition) is 2. The van der Waals surface area contributed by atoms with Crippen LogP contribution in [0.4, 0.5) is 0 Å². The highest BCUT2D eigenvalue weighted by molar-refractivity contribution is 6.31. The summed E-state index contributed by atoms with van der Waals surface area (Å²) in [5.41, 5.74) is 3.84. The fourth-order valence-corrected chi connectivity index (χ4v) is 3.53. The van der Waals surface area contributed by atoms with Crippen LogP contribution < -0.4 is 5.32 Å². The first-order chi connectivity index (χ1) is 12.6. The number of benzene rings is 2. The van der Waals surface area contributed by atoms with Crippen LogP contribution in [-0.2, 0) is 17.8 Å². The summed E-state index contributed by atoms with van der Waals surface area (Å²) in [5, 5.41) is 4.43. The van der Waals surface area contributed by atoms with Crippen LogP contribution in [0.25, 0.3) is 10.9 Å². The predicted molar refractivity (Wildman–Crippen MR) is 101 cm³/mol. The molecule has 0 spiro atoms. The Bertz CT molecular complexity index is 981. The molecule has 0 saturated heterocycles. The van der Waals surface area contributed by atoms with Crippen LogP contribution in [0.15, 0.2) is 48.5 Å². The lowest BCUT2D eigenvalue weighted by atomic mass is 10.0. The van der Waals surface area contributed by atoms with E-state index in [1.165, 1.54) is 0 Å². The molecule has 132 valence electrons. The molecule has 0 fully saturated rings. The molecule has 4 rings (SSSR count). The van der Waals surface area contributed by atoms with Gasteiger partial charge in [-0.2, -0.15) is 0 Å². The number of carbonyl (C=O) groups is 2. The molecule has 2 aromatic carbocycles. The number of hydrogen-bond donors (Lipinski definition) is 2. The van der Waals surface area contributed by atoms with E-state index in [0.29, 0.717) is 23.7 Å². The Labute approximate surface area is 155 Å². The van der Waals surface area contributed by atoms with Crippen molar-refractivity contribution >= 4 is 34.3 Å². The number of amides is 2. The second-order valence-electron chi connectivity index (χ2n) is 6.39. The first-order valence-electron chi connectivity index (χ1n) is 8.52. The summed E-state index contributed by atoms with van der Waals surface area (Å²) in [7, 11) is 0. The summed E-state index contributed by atoms with van der Waals surface area (Å²) in [6.07, 6.45) is 0.764. The molecule has 1 aliphatic rings. The van der Waals surface area contributed by atoms with Crippen LogP contribution in [0.5, 0.6) is 0 Å². The number of nitrogens with one attached hydrogen (secondary N) is 2. The zero-order valence-electron chi connectivity index (χ0n) is 14.1. The predicted octanol–water partition coefficient (Wildman–Crippen LogP) is 3.14. The van der Waals surface area contributed by atoms with Gasteiger partial charge in [-0.25, -0.2) is 0 Å². The molecule has 0 aliphatic carbocycles. The number of halogens is 1. The maximum Gasteiger partial charge on any atom is 0.251 e. The molecule has 26 heavy (non-hydrogen) atoms. The molecule has 2 N–H and O–H groups in total. The molecule has 0 atom stereocenters. The zero-order chi connectivity index (χ0) is 18.1. The molecule has 1 aliphatic heterocycles. The molecule has 0 radical (unpaired) electrons. The van der Waals surface area contributed by atoms with Crippen molar-refractivity contribution in [1.29, 1.82) is 0 Å². The fraction of sp³-hybridized carbons (Fsp3) is 0.200. The van der Waals surface area contributed by atoms with E-state index in [1.807, 2.05) is 24.3 Å². The van der Waals surface area contributed by atoms with Crippen molar-refractivity contribution in [2.24, 2.45) is 0 Å². The van der Waals surface area contributed by atoms with Gasteiger partial charge in [-0.1, -0.05) is 29.8 Å². The fourth-order valence-electron chi connectivity index (χ4n) is 3.36. The zero-order valence-corrected chi connectivity index (χ0v) is 14.8. The van der Waals surface area contributed by atoms with Gasteiger partial charge in [-0.15, -0.1) is 0 Å². The number of carbonyl (C=O) groups excluding carboxylic acids is 2. The van der Waals surface area contributed by atoms with Crippen molar-refractivity contribution in [3.63, 3.8) is 0 Å².